The zero-order chi connectivity index (χ0) is 15.8. The van der Waals surface area contributed by atoms with Gasteiger partial charge in [0.1, 0.15) is 11.7 Å². The fraction of sp³-hybridized carbons (Fsp3) is 0.625. The lowest BCUT2D eigenvalue weighted by molar-refractivity contribution is 0.0633. The molecule has 0 spiro atoms. The summed E-state index contributed by atoms with van der Waals surface area (Å²) < 4.78 is 7.13. The van der Waals surface area contributed by atoms with Crippen molar-refractivity contribution in [3.8, 4) is 0 Å². The summed E-state index contributed by atoms with van der Waals surface area (Å²) in [5, 5.41) is 8.22. The zero-order valence-electron chi connectivity index (χ0n) is 13.3. The van der Waals surface area contributed by atoms with Crippen molar-refractivity contribution in [2.24, 2.45) is 7.05 Å². The Labute approximate surface area is 134 Å². The molecule has 1 unspecified atom stereocenters. The summed E-state index contributed by atoms with van der Waals surface area (Å²) in [6.45, 7) is 0.718. The highest BCUT2D eigenvalue weighted by Gasteiger charge is 2.35. The third-order valence-corrected chi connectivity index (χ3v) is 4.74. The monoisotopic (exact) mass is 315 g/mol. The molecule has 122 valence electrons. The van der Waals surface area contributed by atoms with Gasteiger partial charge in [0.15, 0.2) is 5.82 Å². The van der Waals surface area contributed by atoms with Crippen LogP contribution >= 0.6 is 0 Å². The minimum Gasteiger partial charge on any atom is -0.337 e. The van der Waals surface area contributed by atoms with Crippen LogP contribution in [0.2, 0.25) is 0 Å². The third-order valence-electron chi connectivity index (χ3n) is 4.74. The van der Waals surface area contributed by atoms with Gasteiger partial charge in [-0.1, -0.05) is 18.0 Å². The van der Waals surface area contributed by atoms with Gasteiger partial charge in [-0.2, -0.15) is 10.1 Å². The number of likely N-dealkylation sites (tertiary alicyclic amines) is 1. The van der Waals surface area contributed by atoms with Crippen LogP contribution in [-0.2, 0) is 7.05 Å². The van der Waals surface area contributed by atoms with Gasteiger partial charge in [-0.25, -0.2) is 0 Å². The predicted molar refractivity (Wildman–Crippen MR) is 81.7 cm³/mol. The van der Waals surface area contributed by atoms with Gasteiger partial charge in [0, 0.05) is 25.7 Å². The molecule has 2 aromatic rings. The SMILES string of the molecule is Cn1nccc1C(=O)N1CCCCCC1c1nc(C2CC2)no1. The van der Waals surface area contributed by atoms with Crippen molar-refractivity contribution in [3.05, 3.63) is 29.7 Å². The van der Waals surface area contributed by atoms with Crippen LogP contribution in [0.4, 0.5) is 0 Å². The summed E-state index contributed by atoms with van der Waals surface area (Å²) in [6.07, 6.45) is 8.00. The maximum Gasteiger partial charge on any atom is 0.272 e. The van der Waals surface area contributed by atoms with Crippen LogP contribution in [0.1, 0.15) is 72.7 Å². The average Bonchev–Trinajstić information content (AvgIpc) is 3.22. The Bertz CT molecular complexity index is 703. The Hall–Kier alpha value is -2.18. The molecule has 0 bridgehead atoms. The molecule has 2 aromatic heterocycles. The second kappa shape index (κ2) is 5.79. The number of amides is 1. The molecule has 7 nitrogen and oxygen atoms in total. The predicted octanol–water partition coefficient (Wildman–Crippen LogP) is 2.44. The molecule has 4 rings (SSSR count). The van der Waals surface area contributed by atoms with E-state index in [4.69, 9.17) is 4.52 Å². The fourth-order valence-corrected chi connectivity index (χ4v) is 3.23. The minimum atomic E-state index is -0.125. The van der Waals surface area contributed by atoms with Gasteiger partial charge in [0.05, 0.1) is 0 Å². The lowest BCUT2D eigenvalue weighted by atomic mass is 10.1. The van der Waals surface area contributed by atoms with Gasteiger partial charge < -0.3 is 9.42 Å². The Balaban J connectivity index is 1.63. The third kappa shape index (κ3) is 2.75. The molecule has 1 aliphatic heterocycles. The van der Waals surface area contributed by atoms with Crippen LogP contribution in [0, 0.1) is 0 Å². The smallest absolute Gasteiger partial charge is 0.272 e. The number of hydrogen-bond donors (Lipinski definition) is 0. The maximum atomic E-state index is 12.9. The van der Waals surface area contributed by atoms with Gasteiger partial charge in [-0.3, -0.25) is 9.48 Å². The first-order valence-electron chi connectivity index (χ1n) is 8.36. The van der Waals surface area contributed by atoms with Crippen molar-refractivity contribution in [2.75, 3.05) is 6.54 Å². The highest BCUT2D eigenvalue weighted by molar-refractivity contribution is 5.92. The molecule has 3 heterocycles. The highest BCUT2D eigenvalue weighted by Crippen LogP contribution is 2.39. The fourth-order valence-electron chi connectivity index (χ4n) is 3.23. The summed E-state index contributed by atoms with van der Waals surface area (Å²) in [5.41, 5.74) is 0.596. The van der Waals surface area contributed by atoms with Gasteiger partial charge in [-0.05, 0) is 31.7 Å². The standard InChI is InChI=1S/C16H21N5O2/c1-20-13(8-9-17-20)16(22)21-10-4-2-3-5-12(21)15-18-14(19-23-15)11-6-7-11/h8-9,11-12H,2-7,10H2,1H3. The normalized spacial score (nSPS) is 22.1. The van der Waals surface area contributed by atoms with E-state index in [1.54, 1.807) is 24.0 Å². The van der Waals surface area contributed by atoms with Crippen LogP contribution in [0.25, 0.3) is 0 Å². The number of rotatable bonds is 3. The quantitative estimate of drug-likeness (QED) is 0.869. The first-order valence-corrected chi connectivity index (χ1v) is 8.36. The summed E-state index contributed by atoms with van der Waals surface area (Å²) in [6, 6.07) is 1.63. The maximum absolute atomic E-state index is 12.9. The van der Waals surface area contributed by atoms with Crippen LogP contribution in [-0.4, -0.2) is 37.3 Å². The minimum absolute atomic E-state index is 0.0110. The van der Waals surface area contributed by atoms with E-state index in [-0.39, 0.29) is 11.9 Å². The van der Waals surface area contributed by atoms with E-state index >= 15 is 0 Å². The number of aryl methyl sites for hydroxylation is 1. The van der Waals surface area contributed by atoms with Crippen molar-refractivity contribution in [1.29, 1.82) is 0 Å². The molecule has 1 saturated carbocycles. The topological polar surface area (TPSA) is 77.1 Å². The van der Waals surface area contributed by atoms with Crippen molar-refractivity contribution in [1.82, 2.24) is 24.8 Å². The average molecular weight is 315 g/mol. The molecule has 2 aliphatic rings. The van der Waals surface area contributed by atoms with E-state index in [0.29, 0.717) is 17.5 Å². The van der Waals surface area contributed by atoms with Crippen molar-refractivity contribution >= 4 is 5.91 Å². The molecule has 23 heavy (non-hydrogen) atoms. The van der Waals surface area contributed by atoms with Crippen LogP contribution in [0.15, 0.2) is 16.8 Å². The van der Waals surface area contributed by atoms with Gasteiger partial charge in [-0.15, -0.1) is 0 Å². The van der Waals surface area contributed by atoms with E-state index in [1.165, 1.54) is 0 Å². The van der Waals surface area contributed by atoms with E-state index in [0.717, 1.165) is 50.9 Å². The molecular formula is C16H21N5O2. The Morgan fingerprint density at radius 1 is 1.26 bits per heavy atom. The van der Waals surface area contributed by atoms with E-state index in [2.05, 4.69) is 15.2 Å². The summed E-state index contributed by atoms with van der Waals surface area (Å²) in [7, 11) is 1.79. The molecule has 0 N–H and O–H groups in total. The van der Waals surface area contributed by atoms with Crippen molar-refractivity contribution < 1.29 is 9.32 Å². The van der Waals surface area contributed by atoms with Gasteiger partial charge >= 0.3 is 0 Å². The molecule has 0 aromatic carbocycles. The van der Waals surface area contributed by atoms with Crippen LogP contribution < -0.4 is 0 Å². The van der Waals surface area contributed by atoms with Crippen LogP contribution in [0.5, 0.6) is 0 Å². The number of aromatic nitrogens is 4. The molecule has 2 fully saturated rings. The lowest BCUT2D eigenvalue weighted by Crippen LogP contribution is -2.36. The largest absolute Gasteiger partial charge is 0.337 e. The van der Waals surface area contributed by atoms with E-state index in [1.807, 2.05) is 4.90 Å². The molecule has 1 atom stereocenters. The second-order valence-corrected chi connectivity index (χ2v) is 6.47. The van der Waals surface area contributed by atoms with Gasteiger partial charge in [0.25, 0.3) is 5.91 Å². The number of nitrogens with zero attached hydrogens (tertiary/aromatic N) is 5. The lowest BCUT2D eigenvalue weighted by Gasteiger charge is -2.27. The first-order chi connectivity index (χ1) is 11.2. The molecule has 1 saturated heterocycles. The highest BCUT2D eigenvalue weighted by atomic mass is 16.5. The summed E-state index contributed by atoms with van der Waals surface area (Å²) in [4.78, 5) is 19.4. The molecule has 0 radical (unpaired) electrons. The second-order valence-electron chi connectivity index (χ2n) is 6.47. The molecule has 7 heteroatoms. The van der Waals surface area contributed by atoms with Crippen molar-refractivity contribution in [3.63, 3.8) is 0 Å². The van der Waals surface area contributed by atoms with E-state index in [9.17, 15) is 4.79 Å². The van der Waals surface area contributed by atoms with Gasteiger partial charge in [0.2, 0.25) is 5.89 Å². The Morgan fingerprint density at radius 3 is 2.87 bits per heavy atom. The summed E-state index contributed by atoms with van der Waals surface area (Å²) in [5.74, 6) is 1.84. The Kier molecular flexibility index (Phi) is 3.63. The van der Waals surface area contributed by atoms with Crippen molar-refractivity contribution in [2.45, 2.75) is 50.5 Å². The van der Waals surface area contributed by atoms with E-state index < -0.39 is 0 Å². The van der Waals surface area contributed by atoms with Crippen LogP contribution in [0.3, 0.4) is 0 Å². The number of carbonyl (C=O) groups excluding carboxylic acids is 1. The molecule has 1 amide bonds. The Morgan fingerprint density at radius 2 is 2.13 bits per heavy atom. The molecular weight excluding hydrogens is 294 g/mol. The summed E-state index contributed by atoms with van der Waals surface area (Å²) >= 11 is 0. The molecule has 1 aliphatic carbocycles. The number of hydrogen-bond acceptors (Lipinski definition) is 5. The first kappa shape index (κ1) is 14.4. The number of carbonyl (C=O) groups is 1. The zero-order valence-corrected chi connectivity index (χ0v) is 13.3.